The van der Waals surface area contributed by atoms with Crippen molar-refractivity contribution in [2.24, 2.45) is 0 Å². The normalized spacial score (nSPS) is 14.4. The molecule has 1 saturated heterocycles. The van der Waals surface area contributed by atoms with Crippen LogP contribution in [0.1, 0.15) is 10.4 Å². The number of amides is 1. The summed E-state index contributed by atoms with van der Waals surface area (Å²) in [5.41, 5.74) is 0.388. The molecule has 1 amide bonds. The molecule has 1 heterocycles. The fourth-order valence-corrected chi connectivity index (χ4v) is 5.31. The second-order valence-corrected chi connectivity index (χ2v) is 10.1. The van der Waals surface area contributed by atoms with Crippen molar-refractivity contribution in [1.82, 2.24) is 9.62 Å². The second-order valence-electron chi connectivity index (χ2n) is 7.49. The lowest BCUT2D eigenvalue weighted by Gasteiger charge is -2.27. The number of rotatable bonds is 8. The fraction of sp³-hybridized carbons (Fsp3) is 0.292. The predicted octanol–water partition coefficient (Wildman–Crippen LogP) is 3.39. The fourth-order valence-electron chi connectivity index (χ4n) is 3.70. The van der Waals surface area contributed by atoms with E-state index in [4.69, 9.17) is 9.47 Å². The second kappa shape index (κ2) is 10.6. The van der Waals surface area contributed by atoms with E-state index in [0.717, 1.165) is 15.7 Å². The first-order chi connectivity index (χ1) is 16.0. The molecule has 33 heavy (non-hydrogen) atoms. The van der Waals surface area contributed by atoms with E-state index in [1.165, 1.54) is 23.9 Å². The molecule has 3 aromatic rings. The zero-order valence-electron chi connectivity index (χ0n) is 18.3. The summed E-state index contributed by atoms with van der Waals surface area (Å²) in [4.78, 5) is 15.5. The Balaban J connectivity index is 1.44. The Kier molecular flexibility index (Phi) is 7.54. The van der Waals surface area contributed by atoms with E-state index in [1.807, 2.05) is 48.7 Å². The van der Waals surface area contributed by atoms with Gasteiger partial charge in [-0.3, -0.25) is 4.79 Å². The molecule has 174 valence electrons. The van der Waals surface area contributed by atoms with Gasteiger partial charge in [-0.15, -0.1) is 11.8 Å². The van der Waals surface area contributed by atoms with Crippen LogP contribution in [-0.2, 0) is 14.8 Å². The Morgan fingerprint density at radius 2 is 1.85 bits per heavy atom. The molecule has 0 unspecified atom stereocenters. The summed E-state index contributed by atoms with van der Waals surface area (Å²) >= 11 is 1.41. The van der Waals surface area contributed by atoms with Crippen LogP contribution in [0, 0.1) is 0 Å². The number of morpholine rings is 1. The van der Waals surface area contributed by atoms with Crippen molar-refractivity contribution < 1.29 is 22.7 Å². The summed E-state index contributed by atoms with van der Waals surface area (Å²) in [5, 5.41) is 2.03. The number of benzene rings is 3. The van der Waals surface area contributed by atoms with E-state index in [9.17, 15) is 13.2 Å². The molecule has 7 nitrogen and oxygen atoms in total. The first-order valence-electron chi connectivity index (χ1n) is 10.6. The summed E-state index contributed by atoms with van der Waals surface area (Å²) in [6.07, 6.45) is 1.86. The predicted molar refractivity (Wildman–Crippen MR) is 130 cm³/mol. The van der Waals surface area contributed by atoms with Gasteiger partial charge in [-0.1, -0.05) is 36.4 Å². The third kappa shape index (κ3) is 5.50. The van der Waals surface area contributed by atoms with Crippen LogP contribution in [-0.4, -0.2) is 64.9 Å². The van der Waals surface area contributed by atoms with Gasteiger partial charge >= 0.3 is 0 Å². The van der Waals surface area contributed by atoms with Crippen LogP contribution in [0.5, 0.6) is 5.75 Å². The maximum absolute atomic E-state index is 13.0. The minimum absolute atomic E-state index is 0.0575. The average Bonchev–Trinajstić information content (AvgIpc) is 2.86. The highest BCUT2D eigenvalue weighted by Crippen LogP contribution is 2.26. The molecule has 3 aromatic carbocycles. The summed E-state index contributed by atoms with van der Waals surface area (Å²) < 4.78 is 39.5. The lowest BCUT2D eigenvalue weighted by molar-refractivity contribution is 0.0300. The van der Waals surface area contributed by atoms with Crippen LogP contribution >= 0.6 is 11.8 Å². The Morgan fingerprint density at radius 3 is 2.64 bits per heavy atom. The van der Waals surface area contributed by atoms with Crippen molar-refractivity contribution in [1.29, 1.82) is 0 Å². The quantitative estimate of drug-likeness (QED) is 0.388. The molecule has 0 aliphatic carbocycles. The molecule has 1 N–H and O–H groups in total. The highest BCUT2D eigenvalue weighted by molar-refractivity contribution is 7.98. The van der Waals surface area contributed by atoms with Crippen LogP contribution < -0.4 is 9.46 Å². The van der Waals surface area contributed by atoms with Crippen molar-refractivity contribution in [3.05, 3.63) is 66.2 Å². The van der Waals surface area contributed by atoms with Gasteiger partial charge < -0.3 is 14.4 Å². The van der Waals surface area contributed by atoms with Crippen molar-refractivity contribution >= 4 is 38.5 Å². The number of carbonyl (C=O) groups is 1. The number of nitrogens with one attached hydrogen (secondary N) is 1. The van der Waals surface area contributed by atoms with Gasteiger partial charge in [0.1, 0.15) is 12.4 Å². The standard InChI is InChI=1S/C24H26N2O5S2/c1-32-23-10-9-19(17-21(23)24(27)26-12-15-30-16-13-26)33(28,29)25-11-14-31-22-8-4-6-18-5-2-3-7-20(18)22/h2-10,17,25H,11-16H2,1H3. The minimum Gasteiger partial charge on any atom is -0.492 e. The number of hydrogen-bond acceptors (Lipinski definition) is 6. The molecule has 4 rings (SSSR count). The smallest absolute Gasteiger partial charge is 0.255 e. The number of ether oxygens (including phenoxy) is 2. The van der Waals surface area contributed by atoms with Gasteiger partial charge in [-0.25, -0.2) is 13.1 Å². The molecule has 0 saturated carbocycles. The van der Waals surface area contributed by atoms with Crippen molar-refractivity contribution in [2.75, 3.05) is 45.7 Å². The lowest BCUT2D eigenvalue weighted by atomic mass is 10.1. The third-order valence-corrected chi connectivity index (χ3v) is 7.67. The summed E-state index contributed by atoms with van der Waals surface area (Å²) in [5.74, 6) is 0.522. The zero-order valence-corrected chi connectivity index (χ0v) is 20.0. The van der Waals surface area contributed by atoms with E-state index >= 15 is 0 Å². The number of fused-ring (bicyclic) bond motifs is 1. The highest BCUT2D eigenvalue weighted by atomic mass is 32.2. The molecule has 1 fully saturated rings. The van der Waals surface area contributed by atoms with Crippen LogP contribution in [0.15, 0.2) is 70.5 Å². The van der Waals surface area contributed by atoms with E-state index in [-0.39, 0.29) is 24.0 Å². The zero-order chi connectivity index (χ0) is 23.3. The number of hydrogen-bond donors (Lipinski definition) is 1. The van der Waals surface area contributed by atoms with Gasteiger partial charge in [0.05, 0.1) is 23.7 Å². The molecule has 0 atom stereocenters. The molecule has 9 heteroatoms. The van der Waals surface area contributed by atoms with Crippen LogP contribution in [0.4, 0.5) is 0 Å². The number of nitrogens with zero attached hydrogens (tertiary/aromatic N) is 1. The Hall–Kier alpha value is -2.59. The van der Waals surface area contributed by atoms with Crippen molar-refractivity contribution in [3.63, 3.8) is 0 Å². The average molecular weight is 487 g/mol. The van der Waals surface area contributed by atoms with Gasteiger partial charge in [0.25, 0.3) is 5.91 Å². The van der Waals surface area contributed by atoms with E-state index in [2.05, 4.69) is 4.72 Å². The van der Waals surface area contributed by atoms with Crippen molar-refractivity contribution in [2.45, 2.75) is 9.79 Å². The summed E-state index contributed by atoms with van der Waals surface area (Å²) in [6.45, 7) is 2.23. The van der Waals surface area contributed by atoms with Gasteiger partial charge in [-0.05, 0) is 35.9 Å². The van der Waals surface area contributed by atoms with E-state index in [0.29, 0.717) is 37.6 Å². The molecular formula is C24H26N2O5S2. The Labute approximate surface area is 198 Å². The molecule has 0 spiro atoms. The summed E-state index contributed by atoms with van der Waals surface area (Å²) in [6, 6.07) is 18.3. The molecule has 0 bridgehead atoms. The van der Waals surface area contributed by atoms with Crippen LogP contribution in [0.3, 0.4) is 0 Å². The number of thioether (sulfide) groups is 1. The first-order valence-corrected chi connectivity index (χ1v) is 13.4. The lowest BCUT2D eigenvalue weighted by Crippen LogP contribution is -2.41. The molecule has 1 aliphatic heterocycles. The summed E-state index contributed by atoms with van der Waals surface area (Å²) in [7, 11) is -3.80. The van der Waals surface area contributed by atoms with E-state index < -0.39 is 10.0 Å². The number of carbonyl (C=O) groups excluding carboxylic acids is 1. The van der Waals surface area contributed by atoms with Gasteiger partial charge in [0.2, 0.25) is 10.0 Å². The largest absolute Gasteiger partial charge is 0.492 e. The SMILES string of the molecule is CSc1ccc(S(=O)(=O)NCCOc2cccc3ccccc23)cc1C(=O)N1CCOCC1. The molecule has 0 aromatic heterocycles. The topological polar surface area (TPSA) is 84.9 Å². The van der Waals surface area contributed by atoms with Crippen LogP contribution in [0.25, 0.3) is 10.8 Å². The highest BCUT2D eigenvalue weighted by Gasteiger charge is 2.24. The maximum Gasteiger partial charge on any atom is 0.255 e. The first kappa shape index (κ1) is 23.6. The van der Waals surface area contributed by atoms with Crippen molar-refractivity contribution in [3.8, 4) is 5.75 Å². The van der Waals surface area contributed by atoms with Crippen LogP contribution in [0.2, 0.25) is 0 Å². The maximum atomic E-state index is 13.0. The Bertz CT molecular complexity index is 1240. The van der Waals surface area contributed by atoms with Gasteiger partial charge in [0, 0.05) is 29.9 Å². The van der Waals surface area contributed by atoms with Gasteiger partial charge in [0.15, 0.2) is 0 Å². The Morgan fingerprint density at radius 1 is 1.09 bits per heavy atom. The minimum atomic E-state index is -3.80. The number of sulfonamides is 1. The molecule has 1 aliphatic rings. The molecular weight excluding hydrogens is 460 g/mol. The molecule has 0 radical (unpaired) electrons. The van der Waals surface area contributed by atoms with Gasteiger partial charge in [-0.2, -0.15) is 0 Å². The third-order valence-electron chi connectivity index (χ3n) is 5.41. The monoisotopic (exact) mass is 486 g/mol. The van der Waals surface area contributed by atoms with E-state index in [1.54, 1.807) is 11.0 Å².